The molecule has 202 valence electrons. The number of H-pyrrole nitrogens is 1. The zero-order chi connectivity index (χ0) is 27.5. The van der Waals surface area contributed by atoms with Gasteiger partial charge in [-0.2, -0.15) is 11.3 Å². The van der Waals surface area contributed by atoms with E-state index in [-0.39, 0.29) is 17.8 Å². The van der Waals surface area contributed by atoms with Crippen LogP contribution >= 0.6 is 11.3 Å². The Morgan fingerprint density at radius 2 is 1.85 bits per heavy atom. The molecule has 6 rings (SSSR count). The molecule has 3 aromatic carbocycles. The average Bonchev–Trinajstić information content (AvgIpc) is 3.74. The highest BCUT2D eigenvalue weighted by Gasteiger charge is 2.21. The number of benzene rings is 3. The summed E-state index contributed by atoms with van der Waals surface area (Å²) in [5, 5.41) is 19.0. The van der Waals surface area contributed by atoms with E-state index in [1.54, 1.807) is 17.4 Å². The van der Waals surface area contributed by atoms with Crippen molar-refractivity contribution < 1.29 is 9.90 Å². The van der Waals surface area contributed by atoms with E-state index in [1.807, 2.05) is 78.3 Å². The summed E-state index contributed by atoms with van der Waals surface area (Å²) >= 11 is 1.58. The fraction of sp³-hybridized carbons (Fsp3) is 0.212. The fourth-order valence-electron chi connectivity index (χ4n) is 5.38. The van der Waals surface area contributed by atoms with E-state index in [2.05, 4.69) is 27.3 Å². The number of hydrogen-bond donors (Lipinski definition) is 3. The molecule has 1 saturated heterocycles. The summed E-state index contributed by atoms with van der Waals surface area (Å²) in [6.45, 7) is 5.15. The van der Waals surface area contributed by atoms with Gasteiger partial charge >= 0.3 is 0 Å². The first kappa shape index (κ1) is 26.0. The summed E-state index contributed by atoms with van der Waals surface area (Å²) in [7, 11) is 0. The van der Waals surface area contributed by atoms with Crippen molar-refractivity contribution in [2.75, 3.05) is 13.1 Å². The Morgan fingerprint density at radius 1 is 1.02 bits per heavy atom. The highest BCUT2D eigenvalue weighted by molar-refractivity contribution is 7.08. The molecule has 1 fully saturated rings. The van der Waals surface area contributed by atoms with Crippen LogP contribution in [0.3, 0.4) is 0 Å². The average molecular weight is 549 g/mol. The normalized spacial score (nSPS) is 15.0. The zero-order valence-electron chi connectivity index (χ0n) is 22.4. The number of aromatic hydroxyl groups is 1. The maximum atomic E-state index is 13.2. The maximum absolute atomic E-state index is 13.2. The lowest BCUT2D eigenvalue weighted by atomic mass is 10.0. The molecule has 1 aliphatic rings. The molecule has 0 unspecified atom stereocenters. The van der Waals surface area contributed by atoms with Gasteiger partial charge in [-0.1, -0.05) is 42.5 Å². The molecule has 1 amide bonds. The number of hydrogen-bond acceptors (Lipinski definition) is 5. The van der Waals surface area contributed by atoms with E-state index >= 15 is 0 Å². The molecule has 1 aliphatic heterocycles. The molecule has 7 heteroatoms. The van der Waals surface area contributed by atoms with Crippen LogP contribution in [0, 0.1) is 0 Å². The van der Waals surface area contributed by atoms with Crippen LogP contribution in [-0.4, -0.2) is 39.7 Å². The van der Waals surface area contributed by atoms with Crippen LogP contribution < -0.4 is 5.32 Å². The molecule has 3 N–H and O–H groups in total. The number of carbonyl (C=O) groups excluding carboxylic acids is 1. The van der Waals surface area contributed by atoms with Gasteiger partial charge in [0.2, 0.25) is 0 Å². The summed E-state index contributed by atoms with van der Waals surface area (Å²) in [5.74, 6) is -0.142. The lowest BCUT2D eigenvalue weighted by molar-refractivity contribution is 0.0940. The van der Waals surface area contributed by atoms with Crippen LogP contribution in [0.4, 0.5) is 5.69 Å². The van der Waals surface area contributed by atoms with Crippen LogP contribution in [0.15, 0.2) is 94.6 Å². The molecular weight excluding hydrogens is 516 g/mol. The Hall–Kier alpha value is -4.20. The van der Waals surface area contributed by atoms with Gasteiger partial charge in [-0.25, -0.2) is 4.99 Å². The molecular formula is C33H32N4O2S. The molecule has 40 heavy (non-hydrogen) atoms. The summed E-state index contributed by atoms with van der Waals surface area (Å²) in [4.78, 5) is 23.9. The molecule has 0 saturated carbocycles. The van der Waals surface area contributed by atoms with Gasteiger partial charge < -0.3 is 15.4 Å². The van der Waals surface area contributed by atoms with Crippen LogP contribution in [0.5, 0.6) is 5.88 Å². The fourth-order valence-corrected chi connectivity index (χ4v) is 6.02. The van der Waals surface area contributed by atoms with Crippen LogP contribution in [0.2, 0.25) is 0 Å². The summed E-state index contributed by atoms with van der Waals surface area (Å²) < 4.78 is 0. The van der Waals surface area contributed by atoms with Gasteiger partial charge in [0, 0.05) is 34.0 Å². The van der Waals surface area contributed by atoms with Crippen molar-refractivity contribution in [3.8, 4) is 5.88 Å². The number of carbonyl (C=O) groups is 1. The van der Waals surface area contributed by atoms with E-state index in [4.69, 9.17) is 4.99 Å². The predicted octanol–water partition coefficient (Wildman–Crippen LogP) is 7.19. The van der Waals surface area contributed by atoms with E-state index in [1.165, 1.54) is 18.4 Å². The highest BCUT2D eigenvalue weighted by Crippen LogP contribution is 2.33. The van der Waals surface area contributed by atoms with E-state index in [0.29, 0.717) is 16.8 Å². The zero-order valence-corrected chi connectivity index (χ0v) is 23.2. The Balaban J connectivity index is 1.37. The Labute approximate surface area is 238 Å². The Kier molecular flexibility index (Phi) is 7.49. The number of fused-ring (bicyclic) bond motifs is 1. The number of aliphatic imine (C=N–C) groups is 1. The second-order valence-corrected chi connectivity index (χ2v) is 11.1. The topological polar surface area (TPSA) is 80.7 Å². The summed E-state index contributed by atoms with van der Waals surface area (Å²) in [5.41, 5.74) is 6.52. The van der Waals surface area contributed by atoms with Crippen molar-refractivity contribution in [3.63, 3.8) is 0 Å². The summed E-state index contributed by atoms with van der Waals surface area (Å²) in [6.07, 6.45) is 2.51. The van der Waals surface area contributed by atoms with Gasteiger partial charge in [0.1, 0.15) is 0 Å². The molecule has 0 spiro atoms. The number of thiophene rings is 1. The third-order valence-corrected chi connectivity index (χ3v) is 8.16. The lowest BCUT2D eigenvalue weighted by Crippen LogP contribution is -2.26. The first-order chi connectivity index (χ1) is 19.5. The van der Waals surface area contributed by atoms with Crippen molar-refractivity contribution in [1.29, 1.82) is 0 Å². The lowest BCUT2D eigenvalue weighted by Gasteiger charge is -2.15. The molecule has 6 nitrogen and oxygen atoms in total. The maximum Gasteiger partial charge on any atom is 0.251 e. The largest absolute Gasteiger partial charge is 0.494 e. The van der Waals surface area contributed by atoms with Gasteiger partial charge in [0.15, 0.2) is 5.88 Å². The number of amides is 1. The smallest absolute Gasteiger partial charge is 0.251 e. The van der Waals surface area contributed by atoms with E-state index in [0.717, 1.165) is 47.4 Å². The number of rotatable bonds is 8. The summed E-state index contributed by atoms with van der Waals surface area (Å²) in [6, 6.07) is 25.5. The van der Waals surface area contributed by atoms with Crippen molar-refractivity contribution in [1.82, 2.24) is 15.2 Å². The quantitative estimate of drug-likeness (QED) is 0.180. The number of likely N-dealkylation sites (tertiary alicyclic amines) is 1. The molecule has 5 aromatic rings. The molecule has 2 aromatic heterocycles. The third-order valence-electron chi connectivity index (χ3n) is 7.48. The standard InChI is InChI=1S/C33H32N4O2S/c1-22(24-9-3-2-4-10-24)34-32(38)25-12-13-29-28(19-25)30(33(39)36-29)31(26-14-17-40-21-26)35-27-11-7-8-23(18-27)20-37-15-5-6-16-37/h2-4,7-14,17-19,21-22,36,39H,5-6,15-16,20H2,1H3,(H,34,38)/t22-/m1/s1. The SMILES string of the molecule is C[C@@H](NC(=O)c1ccc2[nH]c(O)c(C(=Nc3cccc(CN4CCCC4)c3)c3ccsc3)c2c1)c1ccccc1. The van der Waals surface area contributed by atoms with E-state index in [9.17, 15) is 9.90 Å². The molecule has 0 radical (unpaired) electrons. The van der Waals surface area contributed by atoms with Gasteiger partial charge in [0.05, 0.1) is 23.0 Å². The van der Waals surface area contributed by atoms with Crippen LogP contribution in [-0.2, 0) is 6.54 Å². The van der Waals surface area contributed by atoms with Crippen molar-refractivity contribution in [2.24, 2.45) is 4.99 Å². The van der Waals surface area contributed by atoms with Crippen molar-refractivity contribution >= 4 is 39.5 Å². The van der Waals surface area contributed by atoms with Gasteiger partial charge in [-0.15, -0.1) is 0 Å². The van der Waals surface area contributed by atoms with E-state index < -0.39 is 0 Å². The molecule has 1 atom stereocenters. The minimum atomic E-state index is -0.173. The molecule has 0 aliphatic carbocycles. The highest BCUT2D eigenvalue weighted by atomic mass is 32.1. The molecule has 3 heterocycles. The van der Waals surface area contributed by atoms with Crippen molar-refractivity contribution in [2.45, 2.75) is 32.4 Å². The van der Waals surface area contributed by atoms with Gasteiger partial charge in [0.25, 0.3) is 5.91 Å². The van der Waals surface area contributed by atoms with Crippen LogP contribution in [0.1, 0.15) is 58.4 Å². The van der Waals surface area contributed by atoms with Gasteiger partial charge in [-0.05, 0) is 85.8 Å². The Bertz CT molecular complexity index is 1650. The first-order valence-electron chi connectivity index (χ1n) is 13.7. The second-order valence-electron chi connectivity index (χ2n) is 10.3. The van der Waals surface area contributed by atoms with Crippen LogP contribution in [0.25, 0.3) is 10.9 Å². The molecule has 0 bridgehead atoms. The third kappa shape index (κ3) is 5.57. The number of aromatic amines is 1. The number of nitrogens with zero attached hydrogens (tertiary/aromatic N) is 2. The Morgan fingerprint density at radius 3 is 2.62 bits per heavy atom. The first-order valence-corrected chi connectivity index (χ1v) is 14.6. The number of aromatic nitrogens is 1. The minimum Gasteiger partial charge on any atom is -0.494 e. The van der Waals surface area contributed by atoms with Crippen molar-refractivity contribution in [3.05, 3.63) is 117 Å². The number of nitrogens with one attached hydrogen (secondary N) is 2. The second kappa shape index (κ2) is 11.5. The predicted molar refractivity (Wildman–Crippen MR) is 163 cm³/mol. The minimum absolute atomic E-state index is 0.0309. The monoisotopic (exact) mass is 548 g/mol. The van der Waals surface area contributed by atoms with Gasteiger partial charge in [-0.3, -0.25) is 9.69 Å².